The van der Waals surface area contributed by atoms with E-state index in [4.69, 9.17) is 9.26 Å². The number of benzene rings is 2. The first kappa shape index (κ1) is 22.0. The fourth-order valence-electron chi connectivity index (χ4n) is 3.65. The molecule has 0 radical (unpaired) electrons. The van der Waals surface area contributed by atoms with Crippen molar-refractivity contribution in [2.24, 2.45) is 0 Å². The summed E-state index contributed by atoms with van der Waals surface area (Å²) < 4.78 is 11.0. The maximum atomic E-state index is 12.7. The van der Waals surface area contributed by atoms with Crippen molar-refractivity contribution in [1.82, 2.24) is 15.5 Å². The van der Waals surface area contributed by atoms with E-state index in [-0.39, 0.29) is 0 Å². The van der Waals surface area contributed by atoms with Gasteiger partial charge < -0.3 is 14.6 Å². The van der Waals surface area contributed by atoms with E-state index in [1.54, 1.807) is 12.1 Å². The lowest BCUT2D eigenvalue weighted by Crippen LogP contribution is -2.36. The van der Waals surface area contributed by atoms with Crippen LogP contribution in [0.2, 0.25) is 0 Å². The fraction of sp³-hybridized carbons (Fsp3) is 0.231. The molecule has 166 valence electrons. The van der Waals surface area contributed by atoms with Crippen LogP contribution < -0.4 is 5.32 Å². The van der Waals surface area contributed by atoms with Gasteiger partial charge in [0.1, 0.15) is 23.1 Å². The molecule has 2 heterocycles. The lowest BCUT2D eigenvalue weighted by atomic mass is 9.93. The van der Waals surface area contributed by atoms with Crippen molar-refractivity contribution in [3.8, 4) is 17.3 Å². The number of hydrogen-bond acceptors (Lipinski definition) is 6. The second-order valence-corrected chi connectivity index (χ2v) is 8.64. The van der Waals surface area contributed by atoms with Crippen LogP contribution in [0.4, 0.5) is 4.79 Å². The number of aromatic nitrogens is 2. The molecule has 0 aliphatic heterocycles. The Morgan fingerprint density at radius 3 is 2.64 bits per heavy atom. The van der Waals surface area contributed by atoms with E-state index in [9.17, 15) is 10.1 Å². The molecule has 7 nitrogen and oxygen atoms in total. The third-order valence-electron chi connectivity index (χ3n) is 4.99. The summed E-state index contributed by atoms with van der Waals surface area (Å²) in [6, 6.07) is 22.2. The monoisotopic (exact) mass is 440 g/mol. The summed E-state index contributed by atoms with van der Waals surface area (Å²) in [6.07, 6.45) is -0.176. The lowest BCUT2D eigenvalue weighted by Gasteiger charge is -2.25. The standard InChI is InChI=1S/C26H24N4O3/c1-26(2,3)32-25(31)29-22(15-17-9-8-10-18(16-27)28-17)19-11-4-5-12-20(19)24-21-13-6-7-14-23(21)33-30-24/h4-14,22H,15H2,1-3H3,(H,29,31)/t22-/m0/s1. The number of para-hydroxylation sites is 1. The van der Waals surface area contributed by atoms with Gasteiger partial charge in [-0.25, -0.2) is 9.78 Å². The van der Waals surface area contributed by atoms with Gasteiger partial charge >= 0.3 is 6.09 Å². The van der Waals surface area contributed by atoms with Crippen molar-refractivity contribution in [2.45, 2.75) is 38.8 Å². The van der Waals surface area contributed by atoms with Gasteiger partial charge in [0.15, 0.2) is 5.58 Å². The molecule has 33 heavy (non-hydrogen) atoms. The first-order chi connectivity index (χ1) is 15.8. The van der Waals surface area contributed by atoms with E-state index in [2.05, 4.69) is 21.5 Å². The van der Waals surface area contributed by atoms with Gasteiger partial charge in [0, 0.05) is 23.1 Å². The van der Waals surface area contributed by atoms with Crippen molar-refractivity contribution in [1.29, 1.82) is 5.26 Å². The summed E-state index contributed by atoms with van der Waals surface area (Å²) in [5, 5.41) is 17.4. The largest absolute Gasteiger partial charge is 0.444 e. The van der Waals surface area contributed by atoms with Gasteiger partial charge in [-0.15, -0.1) is 0 Å². The Bertz CT molecular complexity index is 1330. The molecule has 0 spiro atoms. The molecule has 0 fully saturated rings. The molecule has 4 rings (SSSR count). The van der Waals surface area contributed by atoms with Crippen molar-refractivity contribution in [3.05, 3.63) is 83.7 Å². The quantitative estimate of drug-likeness (QED) is 0.435. The number of hydrogen-bond donors (Lipinski definition) is 1. The van der Waals surface area contributed by atoms with E-state index in [1.807, 2.05) is 75.4 Å². The van der Waals surface area contributed by atoms with Gasteiger partial charge in [-0.2, -0.15) is 5.26 Å². The Labute approximate surface area is 192 Å². The highest BCUT2D eigenvalue weighted by Crippen LogP contribution is 2.34. The molecule has 2 aromatic carbocycles. The van der Waals surface area contributed by atoms with E-state index in [0.29, 0.717) is 29.1 Å². The average Bonchev–Trinajstić information content (AvgIpc) is 3.21. The SMILES string of the molecule is CC(C)(C)OC(=O)N[C@@H](Cc1cccc(C#N)n1)c1ccccc1-c1noc2ccccc12. The molecule has 1 N–H and O–H groups in total. The Morgan fingerprint density at radius 2 is 1.85 bits per heavy atom. The number of carbonyl (C=O) groups excluding carboxylic acids is 1. The predicted molar refractivity (Wildman–Crippen MR) is 124 cm³/mol. The predicted octanol–water partition coefficient (Wildman–Crippen LogP) is 5.57. The lowest BCUT2D eigenvalue weighted by molar-refractivity contribution is 0.0503. The van der Waals surface area contributed by atoms with Gasteiger partial charge in [-0.3, -0.25) is 0 Å². The number of fused-ring (bicyclic) bond motifs is 1. The summed E-state index contributed by atoms with van der Waals surface area (Å²) >= 11 is 0. The summed E-state index contributed by atoms with van der Waals surface area (Å²) in [5.74, 6) is 0. The number of ether oxygens (including phenoxy) is 1. The molecule has 1 amide bonds. The van der Waals surface area contributed by atoms with Crippen LogP contribution in [0.25, 0.3) is 22.2 Å². The highest BCUT2D eigenvalue weighted by molar-refractivity contribution is 5.92. The van der Waals surface area contributed by atoms with Gasteiger partial charge in [0.2, 0.25) is 0 Å². The molecule has 4 aromatic rings. The number of alkyl carbamates (subject to hydrolysis) is 1. The minimum Gasteiger partial charge on any atom is -0.444 e. The molecular weight excluding hydrogens is 416 g/mol. The highest BCUT2D eigenvalue weighted by Gasteiger charge is 2.25. The number of nitriles is 1. The Balaban J connectivity index is 1.77. The third kappa shape index (κ3) is 5.18. The van der Waals surface area contributed by atoms with Crippen molar-refractivity contribution < 1.29 is 14.1 Å². The van der Waals surface area contributed by atoms with Crippen molar-refractivity contribution in [2.75, 3.05) is 0 Å². The molecule has 0 unspecified atom stereocenters. The van der Waals surface area contributed by atoms with Crippen LogP contribution in [-0.4, -0.2) is 21.8 Å². The first-order valence-corrected chi connectivity index (χ1v) is 10.6. The maximum absolute atomic E-state index is 12.7. The van der Waals surface area contributed by atoms with Crippen LogP contribution in [0, 0.1) is 11.3 Å². The molecule has 1 atom stereocenters. The summed E-state index contributed by atoms with van der Waals surface area (Å²) in [6.45, 7) is 5.44. The molecule has 7 heteroatoms. The van der Waals surface area contributed by atoms with Gasteiger partial charge in [0.05, 0.1) is 6.04 Å². The minimum absolute atomic E-state index is 0.319. The number of carbonyl (C=O) groups is 1. The topological polar surface area (TPSA) is 101 Å². The zero-order chi connectivity index (χ0) is 23.4. The van der Waals surface area contributed by atoms with Gasteiger partial charge in [0.25, 0.3) is 0 Å². The van der Waals surface area contributed by atoms with E-state index < -0.39 is 17.7 Å². The number of nitrogens with one attached hydrogen (secondary N) is 1. The molecule has 0 aliphatic rings. The Hall–Kier alpha value is -4.18. The van der Waals surface area contributed by atoms with Gasteiger partial charge in [-0.05, 0) is 50.6 Å². The third-order valence-corrected chi connectivity index (χ3v) is 4.99. The molecule has 0 aliphatic carbocycles. The van der Waals surface area contributed by atoms with Crippen LogP contribution in [0.15, 0.2) is 71.3 Å². The number of rotatable bonds is 5. The molecule has 2 aromatic heterocycles. The highest BCUT2D eigenvalue weighted by atomic mass is 16.6. The minimum atomic E-state index is -0.643. The number of pyridine rings is 1. The number of amides is 1. The van der Waals surface area contributed by atoms with Crippen molar-refractivity contribution in [3.63, 3.8) is 0 Å². The van der Waals surface area contributed by atoms with Gasteiger partial charge in [-0.1, -0.05) is 47.6 Å². The number of nitrogens with zero attached hydrogens (tertiary/aromatic N) is 3. The first-order valence-electron chi connectivity index (χ1n) is 10.6. The zero-order valence-electron chi connectivity index (χ0n) is 18.7. The van der Waals surface area contributed by atoms with Crippen LogP contribution in [-0.2, 0) is 11.2 Å². The average molecular weight is 441 g/mol. The Morgan fingerprint density at radius 1 is 1.09 bits per heavy atom. The van der Waals surface area contributed by atoms with Crippen LogP contribution >= 0.6 is 0 Å². The molecule has 0 bridgehead atoms. The van der Waals surface area contributed by atoms with Crippen LogP contribution in [0.5, 0.6) is 0 Å². The molecule has 0 saturated carbocycles. The molecule has 0 saturated heterocycles. The van der Waals surface area contributed by atoms with Crippen LogP contribution in [0.1, 0.15) is 43.8 Å². The second kappa shape index (κ2) is 9.13. The van der Waals surface area contributed by atoms with Crippen LogP contribution in [0.3, 0.4) is 0 Å². The smallest absolute Gasteiger partial charge is 0.408 e. The van der Waals surface area contributed by atoms with E-state index in [0.717, 1.165) is 16.5 Å². The summed E-state index contributed by atoms with van der Waals surface area (Å²) in [5.41, 5.74) is 3.40. The maximum Gasteiger partial charge on any atom is 0.408 e. The second-order valence-electron chi connectivity index (χ2n) is 8.64. The Kier molecular flexibility index (Phi) is 6.09. The van der Waals surface area contributed by atoms with Crippen molar-refractivity contribution >= 4 is 17.1 Å². The fourth-order valence-corrected chi connectivity index (χ4v) is 3.65. The normalized spacial score (nSPS) is 12.2. The summed E-state index contributed by atoms with van der Waals surface area (Å²) in [4.78, 5) is 17.1. The summed E-state index contributed by atoms with van der Waals surface area (Å²) in [7, 11) is 0. The zero-order valence-corrected chi connectivity index (χ0v) is 18.7. The van der Waals surface area contributed by atoms with E-state index >= 15 is 0 Å². The molecular formula is C26H24N4O3. The van der Waals surface area contributed by atoms with E-state index in [1.165, 1.54) is 0 Å².